The van der Waals surface area contributed by atoms with Crippen LogP contribution in [0.1, 0.15) is 11.4 Å². The first-order chi connectivity index (χ1) is 7.65. The summed E-state index contributed by atoms with van der Waals surface area (Å²) in [5.41, 5.74) is 8.24. The van der Waals surface area contributed by atoms with Gasteiger partial charge in [-0.3, -0.25) is 4.79 Å². The number of primary amides is 1. The Kier molecular flexibility index (Phi) is 2.72. The van der Waals surface area contributed by atoms with Crippen LogP contribution in [0.5, 0.6) is 0 Å². The molecule has 0 unspecified atom stereocenters. The summed E-state index contributed by atoms with van der Waals surface area (Å²) in [6.07, 6.45) is 1.86. The molecule has 0 aliphatic carbocycles. The minimum Gasteiger partial charge on any atom is -0.369 e. The van der Waals surface area contributed by atoms with E-state index in [1.807, 2.05) is 25.1 Å². The SMILES string of the molecule is Cc1cccc(-c2cnc(CC(N)=O)[nH]2)c1. The summed E-state index contributed by atoms with van der Waals surface area (Å²) in [6, 6.07) is 8.07. The van der Waals surface area contributed by atoms with Crippen LogP contribution in [0.25, 0.3) is 11.3 Å². The Morgan fingerprint density at radius 2 is 2.31 bits per heavy atom. The standard InChI is InChI=1S/C12H13N3O/c1-8-3-2-4-9(5-8)10-7-14-12(15-10)6-11(13)16/h2-5,7H,6H2,1H3,(H2,13,16)(H,14,15). The number of hydrogen-bond acceptors (Lipinski definition) is 2. The molecule has 4 heteroatoms. The average molecular weight is 215 g/mol. The average Bonchev–Trinajstić information content (AvgIpc) is 2.65. The highest BCUT2D eigenvalue weighted by Gasteiger charge is 2.05. The van der Waals surface area contributed by atoms with Gasteiger partial charge in [-0.1, -0.05) is 23.8 Å². The summed E-state index contributed by atoms with van der Waals surface area (Å²) >= 11 is 0. The van der Waals surface area contributed by atoms with Gasteiger partial charge in [0.25, 0.3) is 0 Å². The van der Waals surface area contributed by atoms with E-state index in [1.165, 1.54) is 5.56 Å². The van der Waals surface area contributed by atoms with Crippen LogP contribution in [0.3, 0.4) is 0 Å². The fraction of sp³-hybridized carbons (Fsp3) is 0.167. The number of carbonyl (C=O) groups is 1. The summed E-state index contributed by atoms with van der Waals surface area (Å²) in [5, 5.41) is 0. The van der Waals surface area contributed by atoms with Gasteiger partial charge in [0.1, 0.15) is 5.82 Å². The number of carbonyl (C=O) groups excluding carboxylic acids is 1. The predicted octanol–water partition coefficient (Wildman–Crippen LogP) is 1.41. The summed E-state index contributed by atoms with van der Waals surface area (Å²) in [4.78, 5) is 17.9. The lowest BCUT2D eigenvalue weighted by Gasteiger charge is -1.98. The molecule has 1 aromatic carbocycles. The Bertz CT molecular complexity index is 516. The number of aryl methyl sites for hydroxylation is 1. The van der Waals surface area contributed by atoms with Crippen molar-refractivity contribution < 1.29 is 4.79 Å². The van der Waals surface area contributed by atoms with Gasteiger partial charge in [0.05, 0.1) is 18.3 Å². The Hall–Kier alpha value is -2.10. The lowest BCUT2D eigenvalue weighted by molar-refractivity contribution is -0.117. The number of nitrogens with zero attached hydrogens (tertiary/aromatic N) is 1. The topological polar surface area (TPSA) is 71.8 Å². The number of amides is 1. The monoisotopic (exact) mass is 215 g/mol. The molecule has 3 N–H and O–H groups in total. The summed E-state index contributed by atoms with van der Waals surface area (Å²) in [6.45, 7) is 2.03. The maximum absolute atomic E-state index is 10.7. The molecule has 1 aromatic heterocycles. The van der Waals surface area contributed by atoms with Crippen molar-refractivity contribution in [1.29, 1.82) is 0 Å². The summed E-state index contributed by atoms with van der Waals surface area (Å²) in [7, 11) is 0. The van der Waals surface area contributed by atoms with Crippen molar-refractivity contribution in [1.82, 2.24) is 9.97 Å². The molecule has 4 nitrogen and oxygen atoms in total. The molecule has 16 heavy (non-hydrogen) atoms. The van der Waals surface area contributed by atoms with Crippen molar-refractivity contribution in [3.05, 3.63) is 41.9 Å². The van der Waals surface area contributed by atoms with Crippen LogP contribution < -0.4 is 5.73 Å². The maximum atomic E-state index is 10.7. The van der Waals surface area contributed by atoms with Crippen LogP contribution in [0.15, 0.2) is 30.5 Å². The first kappa shape index (κ1) is 10.4. The van der Waals surface area contributed by atoms with Gasteiger partial charge in [-0.15, -0.1) is 0 Å². The number of aromatic amines is 1. The van der Waals surface area contributed by atoms with Crippen LogP contribution in [0.2, 0.25) is 0 Å². The highest BCUT2D eigenvalue weighted by atomic mass is 16.1. The molecule has 1 heterocycles. The maximum Gasteiger partial charge on any atom is 0.225 e. The Balaban J connectivity index is 2.28. The summed E-state index contributed by atoms with van der Waals surface area (Å²) < 4.78 is 0. The van der Waals surface area contributed by atoms with E-state index in [-0.39, 0.29) is 12.3 Å². The Morgan fingerprint density at radius 3 is 3.00 bits per heavy atom. The number of benzene rings is 1. The van der Waals surface area contributed by atoms with Crippen molar-refractivity contribution in [2.45, 2.75) is 13.3 Å². The van der Waals surface area contributed by atoms with Gasteiger partial charge in [-0.2, -0.15) is 0 Å². The molecule has 0 bridgehead atoms. The molecule has 0 fully saturated rings. The van der Waals surface area contributed by atoms with Crippen molar-refractivity contribution in [3.63, 3.8) is 0 Å². The van der Waals surface area contributed by atoms with E-state index in [2.05, 4.69) is 16.0 Å². The van der Waals surface area contributed by atoms with Gasteiger partial charge in [-0.25, -0.2) is 4.98 Å². The van der Waals surface area contributed by atoms with Crippen molar-refractivity contribution >= 4 is 5.91 Å². The molecule has 1 amide bonds. The van der Waals surface area contributed by atoms with Gasteiger partial charge in [0, 0.05) is 0 Å². The molecule has 0 saturated heterocycles. The minimum atomic E-state index is -0.384. The van der Waals surface area contributed by atoms with Crippen LogP contribution in [0, 0.1) is 6.92 Å². The van der Waals surface area contributed by atoms with Gasteiger partial charge in [0.2, 0.25) is 5.91 Å². The van der Waals surface area contributed by atoms with Crippen LogP contribution in [0.4, 0.5) is 0 Å². The second kappa shape index (κ2) is 4.18. The lowest BCUT2D eigenvalue weighted by atomic mass is 10.1. The number of aromatic nitrogens is 2. The number of nitrogens with two attached hydrogens (primary N) is 1. The van der Waals surface area contributed by atoms with E-state index in [0.29, 0.717) is 5.82 Å². The molecule has 82 valence electrons. The Morgan fingerprint density at radius 1 is 1.50 bits per heavy atom. The second-order valence-corrected chi connectivity index (χ2v) is 3.76. The van der Waals surface area contributed by atoms with Crippen molar-refractivity contribution in [2.75, 3.05) is 0 Å². The molecule has 0 aliphatic heterocycles. The molecule has 0 aliphatic rings. The first-order valence-corrected chi connectivity index (χ1v) is 5.04. The van der Waals surface area contributed by atoms with Gasteiger partial charge >= 0.3 is 0 Å². The van der Waals surface area contributed by atoms with E-state index >= 15 is 0 Å². The molecular weight excluding hydrogens is 202 g/mol. The minimum absolute atomic E-state index is 0.145. The molecule has 2 aromatic rings. The number of rotatable bonds is 3. The number of H-pyrrole nitrogens is 1. The van der Waals surface area contributed by atoms with Crippen molar-refractivity contribution in [2.24, 2.45) is 5.73 Å². The summed E-state index contributed by atoms with van der Waals surface area (Å²) in [5.74, 6) is 0.217. The van der Waals surface area contributed by atoms with E-state index in [9.17, 15) is 4.79 Å². The molecular formula is C12H13N3O. The second-order valence-electron chi connectivity index (χ2n) is 3.76. The molecule has 0 saturated carbocycles. The quantitative estimate of drug-likeness (QED) is 0.812. The highest BCUT2D eigenvalue weighted by molar-refractivity contribution is 5.76. The zero-order valence-electron chi connectivity index (χ0n) is 9.03. The molecule has 0 spiro atoms. The zero-order chi connectivity index (χ0) is 11.5. The third-order valence-corrected chi connectivity index (χ3v) is 2.30. The van der Waals surface area contributed by atoms with E-state index < -0.39 is 0 Å². The van der Waals surface area contributed by atoms with Crippen LogP contribution in [-0.4, -0.2) is 15.9 Å². The van der Waals surface area contributed by atoms with E-state index in [4.69, 9.17) is 5.73 Å². The lowest BCUT2D eigenvalue weighted by Crippen LogP contribution is -2.14. The van der Waals surface area contributed by atoms with Crippen molar-refractivity contribution in [3.8, 4) is 11.3 Å². The van der Waals surface area contributed by atoms with E-state index in [0.717, 1.165) is 11.3 Å². The normalized spacial score (nSPS) is 10.3. The highest BCUT2D eigenvalue weighted by Crippen LogP contribution is 2.18. The third-order valence-electron chi connectivity index (χ3n) is 2.30. The zero-order valence-corrected chi connectivity index (χ0v) is 9.03. The first-order valence-electron chi connectivity index (χ1n) is 5.04. The Labute approximate surface area is 93.5 Å². The predicted molar refractivity (Wildman–Crippen MR) is 61.7 cm³/mol. The number of nitrogens with one attached hydrogen (secondary N) is 1. The fourth-order valence-corrected chi connectivity index (χ4v) is 1.58. The van der Waals surface area contributed by atoms with Gasteiger partial charge < -0.3 is 10.7 Å². The smallest absolute Gasteiger partial charge is 0.225 e. The third kappa shape index (κ3) is 2.28. The fourth-order valence-electron chi connectivity index (χ4n) is 1.58. The molecule has 0 radical (unpaired) electrons. The van der Waals surface area contributed by atoms with Gasteiger partial charge in [0.15, 0.2) is 0 Å². The largest absolute Gasteiger partial charge is 0.369 e. The molecule has 2 rings (SSSR count). The van der Waals surface area contributed by atoms with Gasteiger partial charge in [-0.05, 0) is 18.6 Å². The molecule has 0 atom stereocenters. The van der Waals surface area contributed by atoms with Crippen LogP contribution >= 0.6 is 0 Å². The number of hydrogen-bond donors (Lipinski definition) is 2. The number of imidazole rings is 1. The van der Waals surface area contributed by atoms with Crippen LogP contribution in [-0.2, 0) is 11.2 Å². The van der Waals surface area contributed by atoms with E-state index in [1.54, 1.807) is 6.20 Å².